The molecule has 0 bridgehead atoms. The van der Waals surface area contributed by atoms with E-state index in [-0.39, 0.29) is 31.2 Å². The zero-order chi connectivity index (χ0) is 25.1. The van der Waals surface area contributed by atoms with Crippen LogP contribution in [0.3, 0.4) is 0 Å². The van der Waals surface area contributed by atoms with Gasteiger partial charge in [-0.05, 0) is 37.3 Å². The molecule has 9 heteroatoms. The van der Waals surface area contributed by atoms with Gasteiger partial charge in [0.25, 0.3) is 0 Å². The third-order valence-electron chi connectivity index (χ3n) is 5.28. The van der Waals surface area contributed by atoms with Crippen LogP contribution in [0.5, 0.6) is 11.5 Å². The number of carbonyl (C=O) groups excluding carboxylic acids is 2. The number of nitrogens with two attached hydrogens (primary N) is 1. The molecule has 0 saturated heterocycles. The van der Waals surface area contributed by atoms with Crippen molar-refractivity contribution < 1.29 is 29.0 Å². The van der Waals surface area contributed by atoms with Crippen molar-refractivity contribution in [3.63, 3.8) is 0 Å². The van der Waals surface area contributed by atoms with E-state index in [1.807, 2.05) is 13.8 Å². The van der Waals surface area contributed by atoms with Crippen LogP contribution in [0.15, 0.2) is 30.9 Å². The van der Waals surface area contributed by atoms with Crippen LogP contribution in [0.25, 0.3) is 0 Å². The van der Waals surface area contributed by atoms with Gasteiger partial charge in [-0.25, -0.2) is 4.79 Å². The minimum Gasteiger partial charge on any atom is -0.497 e. The monoisotopic (exact) mass is 463 g/mol. The Balaban J connectivity index is 2.96. The molecule has 0 saturated carbocycles. The van der Waals surface area contributed by atoms with Gasteiger partial charge in [0.15, 0.2) is 0 Å². The van der Waals surface area contributed by atoms with E-state index in [1.165, 1.54) is 12.0 Å². The fraction of sp³-hybridized carbons (Fsp3) is 0.542. The standard InChI is InChI=1S/C24H37N3O6/c1-7-8-16(12-20(24(30)31)26-22(28)19(25)11-15(2)3)23(29)27(4)14-17-9-10-18(32-5)13-21(17)33-6/h7,9-10,13,15-16,19-20H,1,8,11-12,14,25H2,2-6H3,(H,26,28)(H,30,31)/t16?,19-,20-/m0/s1. The zero-order valence-corrected chi connectivity index (χ0v) is 20.2. The van der Waals surface area contributed by atoms with Crippen molar-refractivity contribution in [3.05, 3.63) is 36.4 Å². The number of nitrogens with one attached hydrogen (secondary N) is 1. The molecular weight excluding hydrogens is 426 g/mol. The number of methoxy groups -OCH3 is 2. The van der Waals surface area contributed by atoms with Gasteiger partial charge in [0, 0.05) is 31.1 Å². The normalized spacial score (nSPS) is 13.5. The number of aliphatic carboxylic acids is 1. The first-order valence-electron chi connectivity index (χ1n) is 10.9. The predicted molar refractivity (Wildman–Crippen MR) is 126 cm³/mol. The minimum atomic E-state index is -1.24. The van der Waals surface area contributed by atoms with Crippen LogP contribution in [0, 0.1) is 11.8 Å². The quantitative estimate of drug-likeness (QED) is 0.360. The minimum absolute atomic E-state index is 0.0790. The molecule has 1 unspecified atom stereocenters. The van der Waals surface area contributed by atoms with Crippen molar-refractivity contribution in [3.8, 4) is 11.5 Å². The summed E-state index contributed by atoms with van der Waals surface area (Å²) < 4.78 is 10.6. The lowest BCUT2D eigenvalue weighted by Gasteiger charge is -2.27. The Morgan fingerprint density at radius 3 is 2.39 bits per heavy atom. The number of amides is 2. The van der Waals surface area contributed by atoms with Crippen molar-refractivity contribution in [2.24, 2.45) is 17.6 Å². The van der Waals surface area contributed by atoms with Crippen molar-refractivity contribution in [2.45, 2.75) is 51.7 Å². The van der Waals surface area contributed by atoms with Gasteiger partial charge >= 0.3 is 5.97 Å². The van der Waals surface area contributed by atoms with Gasteiger partial charge in [0.1, 0.15) is 17.5 Å². The van der Waals surface area contributed by atoms with E-state index >= 15 is 0 Å². The molecule has 4 N–H and O–H groups in total. The Morgan fingerprint density at radius 1 is 1.21 bits per heavy atom. The molecule has 0 radical (unpaired) electrons. The Labute approximate surface area is 195 Å². The molecule has 0 heterocycles. The zero-order valence-electron chi connectivity index (χ0n) is 20.2. The van der Waals surface area contributed by atoms with E-state index in [9.17, 15) is 19.5 Å². The van der Waals surface area contributed by atoms with E-state index in [0.29, 0.717) is 17.9 Å². The molecule has 33 heavy (non-hydrogen) atoms. The number of carboxylic acids is 1. The first-order chi connectivity index (χ1) is 15.5. The molecule has 0 spiro atoms. The maximum Gasteiger partial charge on any atom is 0.326 e. The number of hydrogen-bond donors (Lipinski definition) is 3. The maximum atomic E-state index is 13.2. The SMILES string of the molecule is C=CCC(C[C@H](NC(=O)[C@@H](N)CC(C)C)C(=O)O)C(=O)N(C)Cc1ccc(OC)cc1OC. The van der Waals surface area contributed by atoms with E-state index in [2.05, 4.69) is 11.9 Å². The van der Waals surface area contributed by atoms with Crippen LogP contribution in [-0.4, -0.2) is 61.1 Å². The van der Waals surface area contributed by atoms with Gasteiger partial charge in [-0.3, -0.25) is 9.59 Å². The molecule has 0 fully saturated rings. The summed E-state index contributed by atoms with van der Waals surface area (Å²) in [6, 6.07) is 3.25. The Kier molecular flexibility index (Phi) is 11.4. The highest BCUT2D eigenvalue weighted by atomic mass is 16.5. The Hall–Kier alpha value is -3.07. The highest BCUT2D eigenvalue weighted by molar-refractivity contribution is 5.87. The van der Waals surface area contributed by atoms with Crippen LogP contribution in [-0.2, 0) is 20.9 Å². The fourth-order valence-corrected chi connectivity index (χ4v) is 3.53. The highest BCUT2D eigenvalue weighted by Crippen LogP contribution is 2.26. The lowest BCUT2D eigenvalue weighted by molar-refractivity contribution is -0.143. The summed E-state index contributed by atoms with van der Waals surface area (Å²) in [5, 5.41) is 12.1. The molecule has 184 valence electrons. The summed E-state index contributed by atoms with van der Waals surface area (Å²) in [4.78, 5) is 38.8. The number of allylic oxidation sites excluding steroid dienone is 1. The second-order valence-electron chi connectivity index (χ2n) is 8.46. The molecule has 1 rings (SSSR count). The molecule has 9 nitrogen and oxygen atoms in total. The number of nitrogens with zero attached hydrogens (tertiary/aromatic N) is 1. The molecule has 0 aromatic heterocycles. The van der Waals surface area contributed by atoms with E-state index < -0.39 is 29.9 Å². The number of ether oxygens (including phenoxy) is 2. The van der Waals surface area contributed by atoms with Gasteiger partial charge in [0.2, 0.25) is 11.8 Å². The summed E-state index contributed by atoms with van der Waals surface area (Å²) in [6.45, 7) is 7.79. The molecule has 3 atom stereocenters. The van der Waals surface area contributed by atoms with Crippen LogP contribution >= 0.6 is 0 Å². The summed E-state index contributed by atoms with van der Waals surface area (Å²) in [5.74, 6) is -1.32. The first-order valence-corrected chi connectivity index (χ1v) is 10.9. The lowest BCUT2D eigenvalue weighted by Crippen LogP contribution is -2.50. The van der Waals surface area contributed by atoms with Gasteiger partial charge in [-0.15, -0.1) is 6.58 Å². The average Bonchev–Trinajstić information content (AvgIpc) is 2.76. The third-order valence-corrected chi connectivity index (χ3v) is 5.28. The summed E-state index contributed by atoms with van der Waals surface area (Å²) >= 11 is 0. The largest absolute Gasteiger partial charge is 0.497 e. The molecule has 1 aromatic carbocycles. The second kappa shape index (κ2) is 13.5. The van der Waals surface area contributed by atoms with Crippen LogP contribution in [0.4, 0.5) is 0 Å². The number of carboxylic acid groups (broad SMARTS) is 1. The Morgan fingerprint density at radius 2 is 1.88 bits per heavy atom. The molecule has 1 aromatic rings. The first kappa shape index (κ1) is 28.0. The molecule has 2 amide bonds. The van der Waals surface area contributed by atoms with Crippen molar-refractivity contribution in [1.82, 2.24) is 10.2 Å². The maximum absolute atomic E-state index is 13.2. The van der Waals surface area contributed by atoms with E-state index in [1.54, 1.807) is 38.4 Å². The number of rotatable bonds is 14. The van der Waals surface area contributed by atoms with Crippen LogP contribution in [0.2, 0.25) is 0 Å². The molecule has 0 aliphatic carbocycles. The molecular formula is C24H37N3O6. The highest BCUT2D eigenvalue weighted by Gasteiger charge is 2.31. The van der Waals surface area contributed by atoms with Crippen LogP contribution < -0.4 is 20.5 Å². The number of hydrogen-bond acceptors (Lipinski definition) is 6. The smallest absolute Gasteiger partial charge is 0.326 e. The van der Waals surface area contributed by atoms with Gasteiger partial charge < -0.3 is 30.5 Å². The third kappa shape index (κ3) is 8.76. The number of carbonyl (C=O) groups is 3. The van der Waals surface area contributed by atoms with Crippen molar-refractivity contribution in [1.29, 1.82) is 0 Å². The van der Waals surface area contributed by atoms with Gasteiger partial charge in [-0.1, -0.05) is 19.9 Å². The van der Waals surface area contributed by atoms with Crippen molar-refractivity contribution >= 4 is 17.8 Å². The fourth-order valence-electron chi connectivity index (χ4n) is 3.53. The topological polar surface area (TPSA) is 131 Å². The molecule has 0 aliphatic rings. The van der Waals surface area contributed by atoms with E-state index in [0.717, 1.165) is 5.56 Å². The summed E-state index contributed by atoms with van der Waals surface area (Å²) in [6.07, 6.45) is 2.18. The van der Waals surface area contributed by atoms with Gasteiger partial charge in [-0.2, -0.15) is 0 Å². The summed E-state index contributed by atoms with van der Waals surface area (Å²) in [7, 11) is 4.72. The van der Waals surface area contributed by atoms with E-state index in [4.69, 9.17) is 15.2 Å². The molecule has 0 aliphatic heterocycles. The Bertz CT molecular complexity index is 826. The summed E-state index contributed by atoms with van der Waals surface area (Å²) in [5.41, 5.74) is 6.65. The second-order valence-corrected chi connectivity index (χ2v) is 8.46. The number of benzene rings is 1. The van der Waals surface area contributed by atoms with Gasteiger partial charge in [0.05, 0.1) is 20.3 Å². The lowest BCUT2D eigenvalue weighted by atomic mass is 9.94. The van der Waals surface area contributed by atoms with Crippen LogP contribution in [0.1, 0.15) is 38.7 Å². The average molecular weight is 464 g/mol. The predicted octanol–water partition coefficient (Wildman–Crippen LogP) is 2.19. The van der Waals surface area contributed by atoms with Crippen molar-refractivity contribution in [2.75, 3.05) is 21.3 Å².